The summed E-state index contributed by atoms with van der Waals surface area (Å²) in [5, 5.41) is 0. The Morgan fingerprint density at radius 1 is 1.33 bits per heavy atom. The zero-order chi connectivity index (χ0) is 4.28. The van der Waals surface area contributed by atoms with Crippen LogP contribution in [0.5, 0.6) is 0 Å². The Hall–Kier alpha value is -0.180. The van der Waals surface area contributed by atoms with E-state index in [9.17, 15) is 13.2 Å². The third kappa shape index (κ3) is 9.17. The maximum atomic E-state index is 10.2. The lowest BCUT2D eigenvalue weighted by molar-refractivity contribution is -0.00000316. The number of halogens is 4. The first kappa shape index (κ1) is 9.27. The van der Waals surface area contributed by atoms with Gasteiger partial charge in [-0.1, -0.05) is 0 Å². The van der Waals surface area contributed by atoms with Gasteiger partial charge in [0, 0.05) is 0 Å². The average molecular weight is 117 g/mol. The molecule has 0 aliphatic rings. The van der Waals surface area contributed by atoms with E-state index in [1.54, 1.807) is 0 Å². The highest BCUT2D eigenvalue weighted by Gasteiger charge is 1.78. The van der Waals surface area contributed by atoms with E-state index < -0.39 is 12.4 Å². The summed E-state index contributed by atoms with van der Waals surface area (Å²) < 4.78 is 30.7. The lowest BCUT2D eigenvalue weighted by Crippen LogP contribution is -3.00. The lowest BCUT2D eigenvalue weighted by Gasteiger charge is -1.59. The van der Waals surface area contributed by atoms with E-state index in [0.29, 0.717) is 0 Å². The fourth-order valence-corrected chi connectivity index (χ4v) is 0. The van der Waals surface area contributed by atoms with Gasteiger partial charge in [-0.3, -0.25) is 0 Å². The van der Waals surface area contributed by atoms with Gasteiger partial charge in [0.25, 0.3) is 6.08 Å². The van der Waals surface area contributed by atoms with Crippen molar-refractivity contribution in [2.24, 2.45) is 0 Å². The Kier molecular flexibility index (Phi) is 7.44. The summed E-state index contributed by atoms with van der Waals surface area (Å²) in [5.41, 5.74) is 0. The second-order valence-electron chi connectivity index (χ2n) is 0.399. The van der Waals surface area contributed by atoms with Gasteiger partial charge >= 0.3 is 0 Å². The van der Waals surface area contributed by atoms with Gasteiger partial charge in [-0.15, -0.1) is 0 Å². The molecule has 0 nitrogen and oxygen atoms in total. The highest BCUT2D eigenvalue weighted by molar-refractivity contribution is 4.66. The maximum absolute atomic E-state index is 10.2. The maximum Gasteiger partial charge on any atom is 0.298 e. The van der Waals surface area contributed by atoms with E-state index >= 15 is 0 Å². The molecule has 0 aliphatic heterocycles. The van der Waals surface area contributed by atoms with E-state index in [4.69, 9.17) is 0 Å². The molecule has 0 amide bonds. The summed E-state index contributed by atoms with van der Waals surface area (Å²) in [6.07, 6.45) is -3.04. The predicted molar refractivity (Wildman–Crippen MR) is 11.4 cm³/mol. The van der Waals surface area contributed by atoms with E-state index in [1.165, 1.54) is 0 Å². The van der Waals surface area contributed by atoms with Gasteiger partial charge in [-0.2, -0.15) is 8.78 Å². The molecule has 0 saturated carbocycles. The molecule has 6 heavy (non-hydrogen) atoms. The van der Waals surface area contributed by atoms with Crippen LogP contribution in [0, 0.1) is 0 Å². The van der Waals surface area contributed by atoms with Gasteiger partial charge in [-0.25, -0.2) is 4.39 Å². The first-order valence-electron chi connectivity index (χ1n) is 0.885. The normalized spacial score (nSPS) is 5.83. The van der Waals surface area contributed by atoms with Crippen LogP contribution in [0.4, 0.5) is 13.2 Å². The Labute approximate surface area is 39.1 Å². The van der Waals surface area contributed by atoms with Crippen molar-refractivity contribution >= 4 is 0 Å². The van der Waals surface area contributed by atoms with Crippen molar-refractivity contribution in [3.05, 3.63) is 12.4 Å². The van der Waals surface area contributed by atoms with Gasteiger partial charge < -0.3 is 12.4 Å². The minimum Gasteiger partial charge on any atom is -1.00 e. The molecule has 0 aromatic heterocycles. The molecule has 0 atom stereocenters. The van der Waals surface area contributed by atoms with Crippen LogP contribution in [0.15, 0.2) is 12.4 Å². The van der Waals surface area contributed by atoms with Crippen LogP contribution in [0.1, 0.15) is 0 Å². The van der Waals surface area contributed by atoms with Crippen molar-refractivity contribution in [2.75, 3.05) is 0 Å². The monoisotopic (exact) mass is 117 g/mol. The standard InChI is InChI=1S/C2HF3.ClH/c3-1-2(4)5;/h1H;1H/p-1. The first-order valence-corrected chi connectivity index (χ1v) is 0.885. The Morgan fingerprint density at radius 3 is 1.50 bits per heavy atom. The van der Waals surface area contributed by atoms with Crippen molar-refractivity contribution < 1.29 is 25.6 Å². The van der Waals surface area contributed by atoms with Crippen molar-refractivity contribution in [3.8, 4) is 0 Å². The lowest BCUT2D eigenvalue weighted by atomic mass is 11.1. The van der Waals surface area contributed by atoms with Crippen LogP contribution in [-0.2, 0) is 0 Å². The van der Waals surface area contributed by atoms with Crippen LogP contribution in [0.3, 0.4) is 0 Å². The van der Waals surface area contributed by atoms with E-state index in [1.807, 2.05) is 0 Å². The molecular formula is C2HClF3-. The minimum absolute atomic E-state index is 0. The van der Waals surface area contributed by atoms with Crippen LogP contribution in [-0.4, -0.2) is 0 Å². The molecule has 0 spiro atoms. The first-order chi connectivity index (χ1) is 2.27. The molecule has 38 valence electrons. The summed E-state index contributed by atoms with van der Waals surface area (Å²) in [4.78, 5) is 0. The summed E-state index contributed by atoms with van der Waals surface area (Å²) in [6.45, 7) is 0. The number of hydrogen-bond acceptors (Lipinski definition) is 0. The van der Waals surface area contributed by atoms with Gasteiger partial charge in [0.1, 0.15) is 0 Å². The smallest absolute Gasteiger partial charge is 0.298 e. The molecule has 0 heterocycles. The van der Waals surface area contributed by atoms with Gasteiger partial charge in [0.05, 0.1) is 0 Å². The zero-order valence-corrected chi connectivity index (χ0v) is 3.35. The quantitative estimate of drug-likeness (QED) is 0.370. The van der Waals surface area contributed by atoms with Crippen molar-refractivity contribution in [1.82, 2.24) is 0 Å². The predicted octanol–water partition coefficient (Wildman–Crippen LogP) is -1.30. The fraction of sp³-hybridized carbons (Fsp3) is 0. The molecule has 0 radical (unpaired) electrons. The largest absolute Gasteiger partial charge is 1.00 e. The molecule has 0 N–H and O–H groups in total. The molecule has 0 aliphatic carbocycles. The molecule has 0 saturated heterocycles. The van der Waals surface area contributed by atoms with E-state index in [2.05, 4.69) is 0 Å². The molecule has 0 bridgehead atoms. The topological polar surface area (TPSA) is 0 Å². The summed E-state index contributed by atoms with van der Waals surface area (Å²) in [7, 11) is 0. The SMILES string of the molecule is FC=C(F)F.[Cl-]. The Morgan fingerprint density at radius 2 is 1.50 bits per heavy atom. The molecule has 0 fully saturated rings. The third-order valence-corrected chi connectivity index (χ3v) is 0.0825. The summed E-state index contributed by atoms with van der Waals surface area (Å²) in [6, 6.07) is 0. The summed E-state index contributed by atoms with van der Waals surface area (Å²) >= 11 is 0. The van der Waals surface area contributed by atoms with E-state index in [0.717, 1.165) is 0 Å². The number of hydrogen-bond donors (Lipinski definition) is 0. The van der Waals surface area contributed by atoms with Crippen molar-refractivity contribution in [2.45, 2.75) is 0 Å². The fourth-order valence-electron chi connectivity index (χ4n) is 0. The minimum atomic E-state index is -2.29. The molecule has 0 aromatic carbocycles. The summed E-state index contributed by atoms with van der Waals surface area (Å²) in [5.74, 6) is 0. The van der Waals surface area contributed by atoms with Gasteiger partial charge in [0.15, 0.2) is 6.33 Å². The average Bonchev–Trinajstić information content (AvgIpc) is 1.38. The molecule has 0 unspecified atom stereocenters. The molecular weight excluding hydrogens is 116 g/mol. The number of rotatable bonds is 0. The zero-order valence-electron chi connectivity index (χ0n) is 2.59. The van der Waals surface area contributed by atoms with Crippen LogP contribution in [0.25, 0.3) is 0 Å². The molecule has 0 aromatic rings. The van der Waals surface area contributed by atoms with Gasteiger partial charge in [0.2, 0.25) is 0 Å². The molecule has 4 heteroatoms. The second kappa shape index (κ2) is 4.82. The Bertz CT molecular complexity index is 46.8. The second-order valence-corrected chi connectivity index (χ2v) is 0.399. The Balaban J connectivity index is 0. The van der Waals surface area contributed by atoms with Crippen molar-refractivity contribution in [1.29, 1.82) is 0 Å². The third-order valence-electron chi connectivity index (χ3n) is 0.0825. The highest BCUT2D eigenvalue weighted by Crippen LogP contribution is 1.93. The molecule has 0 rings (SSSR count). The van der Waals surface area contributed by atoms with E-state index in [-0.39, 0.29) is 12.4 Å². The van der Waals surface area contributed by atoms with Crippen molar-refractivity contribution in [3.63, 3.8) is 0 Å². The van der Waals surface area contributed by atoms with Crippen LogP contribution < -0.4 is 12.4 Å². The van der Waals surface area contributed by atoms with Crippen LogP contribution in [0.2, 0.25) is 0 Å². The highest BCUT2D eigenvalue weighted by atomic mass is 35.5. The van der Waals surface area contributed by atoms with Crippen LogP contribution >= 0.6 is 0 Å². The van der Waals surface area contributed by atoms with Gasteiger partial charge in [-0.05, 0) is 0 Å².